The van der Waals surface area contributed by atoms with E-state index in [1.165, 1.54) is 89.9 Å². The number of unbranched alkanes of at least 4 members (excludes halogenated alkanes) is 15. The summed E-state index contributed by atoms with van der Waals surface area (Å²) in [5, 5.41) is 0. The Labute approximate surface area is 166 Å². The van der Waals surface area contributed by atoms with Crippen molar-refractivity contribution in [3.05, 3.63) is 0 Å². The molecule has 0 aromatic rings. The molecule has 0 spiro atoms. The van der Waals surface area contributed by atoms with Crippen molar-refractivity contribution in [1.82, 2.24) is 0 Å². The van der Waals surface area contributed by atoms with Crippen molar-refractivity contribution in [1.29, 1.82) is 0 Å². The molecule has 26 heavy (non-hydrogen) atoms. The first kappa shape index (κ1) is 23.5. The second-order valence-corrected chi connectivity index (χ2v) is 8.88. The van der Waals surface area contributed by atoms with Crippen molar-refractivity contribution in [2.75, 3.05) is 0 Å². The summed E-state index contributed by atoms with van der Waals surface area (Å²) >= 11 is 4.37. The molecule has 1 heterocycles. The third kappa shape index (κ3) is 10.6. The average molecular weight is 385 g/mol. The van der Waals surface area contributed by atoms with Crippen LogP contribution in [0.15, 0.2) is 0 Å². The minimum absolute atomic E-state index is 0.133. The summed E-state index contributed by atoms with van der Waals surface area (Å²) in [4.78, 5) is 22.7. The van der Waals surface area contributed by atoms with Crippen LogP contribution in [0.5, 0.6) is 0 Å². The fourth-order valence-corrected chi connectivity index (χ4v) is 4.03. The van der Waals surface area contributed by atoms with Crippen molar-refractivity contribution in [3.8, 4) is 0 Å². The SMILES string of the molecule is CCCCCCCCCCCCCCCCCCC1(S)CC(=O)OC1=O. The molecule has 0 N–H and O–H groups in total. The van der Waals surface area contributed by atoms with E-state index < -0.39 is 16.7 Å². The Hall–Kier alpha value is -0.510. The third-order valence-corrected chi connectivity index (χ3v) is 6.03. The van der Waals surface area contributed by atoms with Gasteiger partial charge in [0.15, 0.2) is 0 Å². The highest BCUT2D eigenvalue weighted by Gasteiger charge is 2.45. The fraction of sp³-hybridized carbons (Fsp3) is 0.909. The van der Waals surface area contributed by atoms with E-state index in [4.69, 9.17) is 0 Å². The Morgan fingerprint density at radius 1 is 0.731 bits per heavy atom. The van der Waals surface area contributed by atoms with Crippen molar-refractivity contribution in [2.45, 2.75) is 127 Å². The molecule has 4 heteroatoms. The highest BCUT2D eigenvalue weighted by Crippen LogP contribution is 2.33. The van der Waals surface area contributed by atoms with Gasteiger partial charge in [0.05, 0.1) is 6.42 Å². The van der Waals surface area contributed by atoms with Crippen molar-refractivity contribution in [3.63, 3.8) is 0 Å². The Bertz CT molecular complexity index is 397. The van der Waals surface area contributed by atoms with Crippen LogP contribution < -0.4 is 0 Å². The van der Waals surface area contributed by atoms with Gasteiger partial charge in [0.1, 0.15) is 4.75 Å². The van der Waals surface area contributed by atoms with Gasteiger partial charge in [0.2, 0.25) is 0 Å². The maximum Gasteiger partial charge on any atom is 0.330 e. The van der Waals surface area contributed by atoms with E-state index in [0.29, 0.717) is 6.42 Å². The topological polar surface area (TPSA) is 43.4 Å². The van der Waals surface area contributed by atoms with Crippen LogP contribution in [-0.4, -0.2) is 16.7 Å². The molecular weight excluding hydrogens is 344 g/mol. The standard InChI is InChI=1S/C22H40O3S/c1-2-3-4-5-6-7-8-9-10-11-12-13-14-15-16-17-18-22(26)19-20(23)25-21(22)24/h26H,2-19H2,1H3. The van der Waals surface area contributed by atoms with Crippen LogP contribution in [0.2, 0.25) is 0 Å². The van der Waals surface area contributed by atoms with Gasteiger partial charge < -0.3 is 4.74 Å². The van der Waals surface area contributed by atoms with Gasteiger partial charge in [-0.1, -0.05) is 110 Å². The van der Waals surface area contributed by atoms with Gasteiger partial charge in [0.25, 0.3) is 0 Å². The van der Waals surface area contributed by atoms with E-state index >= 15 is 0 Å². The summed E-state index contributed by atoms with van der Waals surface area (Å²) < 4.78 is 3.75. The minimum Gasteiger partial charge on any atom is -0.392 e. The van der Waals surface area contributed by atoms with E-state index in [-0.39, 0.29) is 6.42 Å². The number of carbonyl (C=O) groups is 2. The van der Waals surface area contributed by atoms with Crippen LogP contribution in [0.3, 0.4) is 0 Å². The molecule has 152 valence electrons. The molecule has 0 aromatic heterocycles. The second kappa shape index (κ2) is 14.5. The highest BCUT2D eigenvalue weighted by atomic mass is 32.1. The van der Waals surface area contributed by atoms with Crippen molar-refractivity contribution < 1.29 is 14.3 Å². The molecule has 1 aliphatic rings. The molecule has 1 aliphatic heterocycles. The lowest BCUT2D eigenvalue weighted by Gasteiger charge is -2.15. The van der Waals surface area contributed by atoms with Crippen LogP contribution in [-0.2, 0) is 14.3 Å². The van der Waals surface area contributed by atoms with Crippen LogP contribution in [0, 0.1) is 0 Å². The molecule has 1 fully saturated rings. The summed E-state index contributed by atoms with van der Waals surface area (Å²) in [5.74, 6) is -0.881. The summed E-state index contributed by atoms with van der Waals surface area (Å²) in [6.45, 7) is 2.27. The molecule has 0 bridgehead atoms. The zero-order valence-corrected chi connectivity index (χ0v) is 17.8. The molecule has 1 unspecified atom stereocenters. The summed E-state index contributed by atoms with van der Waals surface area (Å²) in [6.07, 6.45) is 22.1. The lowest BCUT2D eigenvalue weighted by atomic mass is 9.97. The molecule has 1 atom stereocenters. The van der Waals surface area contributed by atoms with Crippen LogP contribution in [0.1, 0.15) is 122 Å². The minimum atomic E-state index is -0.854. The Morgan fingerprint density at radius 2 is 1.12 bits per heavy atom. The van der Waals surface area contributed by atoms with E-state index in [0.717, 1.165) is 12.8 Å². The zero-order valence-electron chi connectivity index (χ0n) is 16.9. The maximum absolute atomic E-state index is 11.6. The van der Waals surface area contributed by atoms with E-state index in [2.05, 4.69) is 24.3 Å². The average Bonchev–Trinajstić information content (AvgIpc) is 2.86. The Kier molecular flexibility index (Phi) is 13.2. The van der Waals surface area contributed by atoms with Gasteiger partial charge >= 0.3 is 11.9 Å². The predicted molar refractivity (Wildman–Crippen MR) is 112 cm³/mol. The molecule has 0 aromatic carbocycles. The number of rotatable bonds is 17. The smallest absolute Gasteiger partial charge is 0.330 e. The number of thiol groups is 1. The zero-order chi connectivity index (χ0) is 19.1. The molecule has 0 saturated carbocycles. The number of hydrogen-bond donors (Lipinski definition) is 1. The second-order valence-electron chi connectivity index (χ2n) is 8.02. The maximum atomic E-state index is 11.6. The normalized spacial score (nSPS) is 19.9. The molecule has 1 saturated heterocycles. The summed E-state index contributed by atoms with van der Waals surface area (Å²) in [5.41, 5.74) is 0. The van der Waals surface area contributed by atoms with Crippen LogP contribution in [0.4, 0.5) is 0 Å². The molecule has 1 rings (SSSR count). The number of ether oxygens (including phenoxy) is 1. The van der Waals surface area contributed by atoms with E-state index in [9.17, 15) is 9.59 Å². The van der Waals surface area contributed by atoms with Gasteiger partial charge in [-0.25, -0.2) is 0 Å². The molecule has 0 radical (unpaired) electrons. The number of hydrogen-bond acceptors (Lipinski definition) is 4. The highest BCUT2D eigenvalue weighted by molar-refractivity contribution is 7.82. The van der Waals surface area contributed by atoms with Gasteiger partial charge in [-0.2, -0.15) is 12.6 Å². The first-order chi connectivity index (χ1) is 12.6. The van der Waals surface area contributed by atoms with Gasteiger partial charge in [-0.15, -0.1) is 0 Å². The lowest BCUT2D eigenvalue weighted by molar-refractivity contribution is -0.152. The van der Waals surface area contributed by atoms with Gasteiger partial charge in [-0.05, 0) is 6.42 Å². The number of carbonyl (C=O) groups excluding carboxylic acids is 2. The Balaban J connectivity index is 1.79. The van der Waals surface area contributed by atoms with E-state index in [1.54, 1.807) is 0 Å². The van der Waals surface area contributed by atoms with Gasteiger partial charge in [0, 0.05) is 0 Å². The summed E-state index contributed by atoms with van der Waals surface area (Å²) in [6, 6.07) is 0. The van der Waals surface area contributed by atoms with Crippen LogP contribution in [0.25, 0.3) is 0 Å². The molecule has 0 aliphatic carbocycles. The summed E-state index contributed by atoms with van der Waals surface area (Å²) in [7, 11) is 0. The fourth-order valence-electron chi connectivity index (χ4n) is 3.70. The molecule has 0 amide bonds. The predicted octanol–water partition coefficient (Wildman–Crippen LogP) is 6.78. The number of esters is 2. The first-order valence-corrected chi connectivity index (χ1v) is 11.5. The van der Waals surface area contributed by atoms with Crippen molar-refractivity contribution >= 4 is 24.6 Å². The monoisotopic (exact) mass is 384 g/mol. The van der Waals surface area contributed by atoms with Gasteiger partial charge in [-0.3, -0.25) is 9.59 Å². The number of cyclic esters (lactones) is 2. The quantitative estimate of drug-likeness (QED) is 0.130. The van der Waals surface area contributed by atoms with Crippen molar-refractivity contribution in [2.24, 2.45) is 0 Å². The first-order valence-electron chi connectivity index (χ1n) is 11.1. The lowest BCUT2D eigenvalue weighted by Crippen LogP contribution is -2.27. The molecular formula is C22H40O3S. The largest absolute Gasteiger partial charge is 0.392 e. The third-order valence-electron chi connectivity index (χ3n) is 5.47. The Morgan fingerprint density at radius 3 is 1.46 bits per heavy atom. The molecule has 3 nitrogen and oxygen atoms in total. The van der Waals surface area contributed by atoms with E-state index in [1.807, 2.05) is 0 Å². The van der Waals surface area contributed by atoms with Crippen LogP contribution >= 0.6 is 12.6 Å².